The summed E-state index contributed by atoms with van der Waals surface area (Å²) >= 11 is 12.2. The quantitative estimate of drug-likeness (QED) is 0.614. The van der Waals surface area contributed by atoms with Crippen molar-refractivity contribution in [1.82, 2.24) is 14.8 Å². The monoisotopic (exact) mass is 343 g/mol. The van der Waals surface area contributed by atoms with E-state index in [9.17, 15) is 4.79 Å². The minimum atomic E-state index is -0.568. The molecule has 0 spiro atoms. The van der Waals surface area contributed by atoms with E-state index in [1.54, 1.807) is 17.7 Å². The van der Waals surface area contributed by atoms with Crippen LogP contribution in [0.4, 0.5) is 0 Å². The Balaban J connectivity index is 2.62. The molecule has 0 radical (unpaired) electrons. The summed E-state index contributed by atoms with van der Waals surface area (Å²) in [6, 6.07) is 1.57. The number of aromatic nitrogens is 3. The molecule has 0 atom stereocenters. The van der Waals surface area contributed by atoms with Crippen LogP contribution in [0.1, 0.15) is 24.3 Å². The molecular weight excluding hydrogens is 329 g/mol. The maximum Gasteiger partial charge on any atom is 0.360 e. The number of carbonyl (C=O) groups is 1. The summed E-state index contributed by atoms with van der Waals surface area (Å²) < 4.78 is 11.9. The zero-order valence-corrected chi connectivity index (χ0v) is 13.9. The zero-order chi connectivity index (χ0) is 16.3. The third kappa shape index (κ3) is 3.03. The van der Waals surface area contributed by atoms with Gasteiger partial charge in [-0.1, -0.05) is 23.2 Å². The van der Waals surface area contributed by atoms with E-state index in [0.29, 0.717) is 28.7 Å². The van der Waals surface area contributed by atoms with Gasteiger partial charge in [-0.25, -0.2) is 9.78 Å². The van der Waals surface area contributed by atoms with Gasteiger partial charge >= 0.3 is 5.97 Å². The predicted octanol–water partition coefficient (Wildman–Crippen LogP) is 3.46. The molecule has 2 aromatic rings. The van der Waals surface area contributed by atoms with Crippen LogP contribution in [0.25, 0.3) is 11.3 Å². The van der Waals surface area contributed by atoms with E-state index in [4.69, 9.17) is 32.7 Å². The summed E-state index contributed by atoms with van der Waals surface area (Å²) in [6.45, 7) is 4.36. The average Bonchev–Trinajstić information content (AvgIpc) is 2.84. The molecule has 2 heterocycles. The highest BCUT2D eigenvalue weighted by Gasteiger charge is 2.25. The van der Waals surface area contributed by atoms with Gasteiger partial charge in [-0.3, -0.25) is 4.68 Å². The van der Waals surface area contributed by atoms with Gasteiger partial charge in [0.2, 0.25) is 0 Å². The van der Waals surface area contributed by atoms with Crippen molar-refractivity contribution in [2.75, 3.05) is 13.7 Å². The van der Waals surface area contributed by atoms with E-state index in [-0.39, 0.29) is 17.3 Å². The van der Waals surface area contributed by atoms with Crippen molar-refractivity contribution in [1.29, 1.82) is 0 Å². The lowest BCUT2D eigenvalue weighted by Gasteiger charge is -2.10. The first kappa shape index (κ1) is 16.6. The Hall–Kier alpha value is -1.79. The highest BCUT2D eigenvalue weighted by molar-refractivity contribution is 6.36. The fraction of sp³-hybridized carbons (Fsp3) is 0.357. The first-order valence-corrected chi connectivity index (χ1v) is 7.42. The SMILES string of the molecule is CCOC(=O)c1nn(CC)c(-c2cnc(Cl)cc2OC)c1Cl. The Labute approximate surface area is 138 Å². The largest absolute Gasteiger partial charge is 0.496 e. The van der Waals surface area contributed by atoms with Crippen LogP contribution in [-0.4, -0.2) is 34.5 Å². The maximum atomic E-state index is 11.9. The average molecular weight is 344 g/mol. The van der Waals surface area contributed by atoms with Crippen molar-refractivity contribution < 1.29 is 14.3 Å². The fourth-order valence-electron chi connectivity index (χ4n) is 2.02. The summed E-state index contributed by atoms with van der Waals surface area (Å²) in [7, 11) is 1.52. The first-order chi connectivity index (χ1) is 10.5. The van der Waals surface area contributed by atoms with Gasteiger partial charge < -0.3 is 9.47 Å². The van der Waals surface area contributed by atoms with Crippen LogP contribution in [-0.2, 0) is 11.3 Å². The van der Waals surface area contributed by atoms with Crippen LogP contribution in [0, 0.1) is 0 Å². The van der Waals surface area contributed by atoms with E-state index in [2.05, 4.69) is 10.1 Å². The third-order valence-corrected chi connectivity index (χ3v) is 3.54. The molecule has 0 aliphatic heterocycles. The van der Waals surface area contributed by atoms with E-state index in [0.717, 1.165) is 0 Å². The maximum absolute atomic E-state index is 11.9. The molecule has 0 aliphatic rings. The normalized spacial score (nSPS) is 10.6. The molecule has 0 saturated carbocycles. The fourth-order valence-corrected chi connectivity index (χ4v) is 2.48. The van der Waals surface area contributed by atoms with Crippen molar-refractivity contribution in [3.05, 3.63) is 28.1 Å². The molecule has 0 aliphatic carbocycles. The molecule has 0 fully saturated rings. The predicted molar refractivity (Wildman–Crippen MR) is 83.7 cm³/mol. The lowest BCUT2D eigenvalue weighted by Crippen LogP contribution is -2.07. The molecule has 0 amide bonds. The summed E-state index contributed by atoms with van der Waals surface area (Å²) in [5.41, 5.74) is 1.20. The second-order valence-corrected chi connectivity index (χ2v) is 5.02. The number of pyridine rings is 1. The molecule has 22 heavy (non-hydrogen) atoms. The van der Waals surface area contributed by atoms with Gasteiger partial charge in [-0.2, -0.15) is 5.10 Å². The number of nitrogens with zero attached hydrogens (tertiary/aromatic N) is 3. The number of esters is 1. The number of halogens is 2. The van der Waals surface area contributed by atoms with Crippen LogP contribution in [0.2, 0.25) is 10.2 Å². The lowest BCUT2D eigenvalue weighted by molar-refractivity contribution is 0.0518. The van der Waals surface area contributed by atoms with Gasteiger partial charge in [0.1, 0.15) is 15.9 Å². The molecular formula is C14H15Cl2N3O3. The molecule has 0 bridgehead atoms. The number of hydrogen-bond acceptors (Lipinski definition) is 5. The zero-order valence-electron chi connectivity index (χ0n) is 12.4. The number of hydrogen-bond donors (Lipinski definition) is 0. The summed E-state index contributed by atoms with van der Waals surface area (Å²) in [5, 5.41) is 4.71. The van der Waals surface area contributed by atoms with Crippen LogP contribution < -0.4 is 4.74 Å². The second kappa shape index (κ2) is 6.98. The highest BCUT2D eigenvalue weighted by atomic mass is 35.5. The molecule has 2 aromatic heterocycles. The van der Waals surface area contributed by atoms with Crippen molar-refractivity contribution in [3.63, 3.8) is 0 Å². The van der Waals surface area contributed by atoms with Gasteiger partial charge in [-0.05, 0) is 13.8 Å². The Bertz CT molecular complexity index is 701. The summed E-state index contributed by atoms with van der Waals surface area (Å²) in [5.74, 6) is -0.0752. The summed E-state index contributed by atoms with van der Waals surface area (Å²) in [4.78, 5) is 16.0. The van der Waals surface area contributed by atoms with Crippen molar-refractivity contribution in [3.8, 4) is 17.0 Å². The van der Waals surface area contributed by atoms with E-state index in [1.807, 2.05) is 6.92 Å². The van der Waals surface area contributed by atoms with Gasteiger partial charge in [0.05, 0.1) is 25.0 Å². The van der Waals surface area contributed by atoms with E-state index < -0.39 is 5.97 Å². The molecule has 0 saturated heterocycles. The topological polar surface area (TPSA) is 66.2 Å². The molecule has 6 nitrogen and oxygen atoms in total. The Morgan fingerprint density at radius 3 is 2.68 bits per heavy atom. The molecule has 0 unspecified atom stereocenters. The second-order valence-electron chi connectivity index (χ2n) is 4.25. The number of carbonyl (C=O) groups excluding carboxylic acids is 1. The van der Waals surface area contributed by atoms with Gasteiger partial charge in [0.25, 0.3) is 0 Å². The molecule has 2 rings (SSSR count). The van der Waals surface area contributed by atoms with Crippen molar-refractivity contribution in [2.45, 2.75) is 20.4 Å². The minimum Gasteiger partial charge on any atom is -0.496 e. The van der Waals surface area contributed by atoms with Crippen molar-refractivity contribution >= 4 is 29.2 Å². The minimum absolute atomic E-state index is 0.0670. The molecule has 0 aromatic carbocycles. The standard InChI is InChI=1S/C14H15Cl2N3O3/c1-4-19-13(8-7-17-10(15)6-9(8)21-3)11(16)12(18-19)14(20)22-5-2/h6-7H,4-5H2,1-3H3. The third-order valence-electron chi connectivity index (χ3n) is 2.97. The van der Waals surface area contributed by atoms with Crippen LogP contribution >= 0.6 is 23.2 Å². The molecule has 0 N–H and O–H groups in total. The van der Waals surface area contributed by atoms with Gasteiger partial charge in [0, 0.05) is 18.8 Å². The van der Waals surface area contributed by atoms with Gasteiger partial charge in [0.15, 0.2) is 5.69 Å². The Morgan fingerprint density at radius 2 is 2.09 bits per heavy atom. The first-order valence-electron chi connectivity index (χ1n) is 6.66. The number of rotatable bonds is 5. The molecule has 118 valence electrons. The van der Waals surface area contributed by atoms with Gasteiger partial charge in [-0.15, -0.1) is 0 Å². The van der Waals surface area contributed by atoms with Crippen LogP contribution in [0.3, 0.4) is 0 Å². The molecule has 8 heteroatoms. The van der Waals surface area contributed by atoms with Crippen molar-refractivity contribution in [2.24, 2.45) is 0 Å². The number of methoxy groups -OCH3 is 1. The van der Waals surface area contributed by atoms with Crippen LogP contribution in [0.5, 0.6) is 5.75 Å². The van der Waals surface area contributed by atoms with Crippen LogP contribution in [0.15, 0.2) is 12.3 Å². The lowest BCUT2D eigenvalue weighted by atomic mass is 10.1. The number of ether oxygens (including phenoxy) is 2. The van der Waals surface area contributed by atoms with E-state index >= 15 is 0 Å². The van der Waals surface area contributed by atoms with E-state index in [1.165, 1.54) is 13.3 Å². The Kier molecular flexibility index (Phi) is 5.26. The Morgan fingerprint density at radius 1 is 1.36 bits per heavy atom. The highest BCUT2D eigenvalue weighted by Crippen LogP contribution is 2.37. The number of aryl methyl sites for hydroxylation is 1. The summed E-state index contributed by atoms with van der Waals surface area (Å²) in [6.07, 6.45) is 1.53. The smallest absolute Gasteiger partial charge is 0.360 e.